The van der Waals surface area contributed by atoms with Crippen LogP contribution in [0.3, 0.4) is 0 Å². The number of anilines is 1. The third-order valence-electron chi connectivity index (χ3n) is 3.39. The number of hydrogen-bond acceptors (Lipinski definition) is 5. The number of halogens is 1. The molecule has 0 aromatic heterocycles. The molecule has 0 unspecified atom stereocenters. The minimum atomic E-state index is -0.563. The summed E-state index contributed by atoms with van der Waals surface area (Å²) in [5.74, 6) is -0.735. The molecular formula is C18H20FN3O4. The fraction of sp³-hybridized carbons (Fsp3) is 0.278. The Bertz CT molecular complexity index is 796. The number of hydrogen-bond donors (Lipinski definition) is 2. The smallest absolute Gasteiger partial charge is 0.293 e. The molecule has 2 aromatic rings. The first-order chi connectivity index (χ1) is 12.4. The second kappa shape index (κ2) is 8.80. The molecule has 0 aliphatic rings. The van der Waals surface area contributed by atoms with Crippen molar-refractivity contribution < 1.29 is 18.8 Å². The van der Waals surface area contributed by atoms with Crippen LogP contribution in [0.5, 0.6) is 5.75 Å². The van der Waals surface area contributed by atoms with E-state index in [2.05, 4.69) is 10.6 Å². The van der Waals surface area contributed by atoms with Gasteiger partial charge < -0.3 is 15.4 Å². The van der Waals surface area contributed by atoms with Gasteiger partial charge in [-0.05, 0) is 38.1 Å². The normalized spacial score (nSPS) is 10.5. The maximum Gasteiger partial charge on any atom is 0.293 e. The molecule has 0 bridgehead atoms. The van der Waals surface area contributed by atoms with Crippen LogP contribution < -0.4 is 15.4 Å². The third kappa shape index (κ3) is 5.17. The van der Waals surface area contributed by atoms with Gasteiger partial charge in [-0.1, -0.05) is 12.1 Å². The second-order valence-corrected chi connectivity index (χ2v) is 5.82. The van der Waals surface area contributed by atoms with Crippen molar-refractivity contribution in [1.29, 1.82) is 0 Å². The molecule has 2 rings (SSSR count). The summed E-state index contributed by atoms with van der Waals surface area (Å²) in [4.78, 5) is 22.7. The molecule has 0 saturated heterocycles. The van der Waals surface area contributed by atoms with E-state index in [0.717, 1.165) is 0 Å². The largest absolute Gasteiger partial charge is 0.489 e. The second-order valence-electron chi connectivity index (χ2n) is 5.82. The van der Waals surface area contributed by atoms with Gasteiger partial charge in [0.2, 0.25) is 0 Å². The number of carbonyl (C=O) groups is 1. The summed E-state index contributed by atoms with van der Waals surface area (Å²) in [6.07, 6.45) is 0. The first kappa shape index (κ1) is 19.2. The molecular weight excluding hydrogens is 341 g/mol. The third-order valence-corrected chi connectivity index (χ3v) is 3.39. The Hall–Kier alpha value is -3.16. The van der Waals surface area contributed by atoms with Crippen LogP contribution >= 0.6 is 0 Å². The lowest BCUT2D eigenvalue weighted by Gasteiger charge is -2.11. The number of nitro groups is 1. The lowest BCUT2D eigenvalue weighted by Crippen LogP contribution is -2.30. The summed E-state index contributed by atoms with van der Waals surface area (Å²) < 4.78 is 18.7. The minimum Gasteiger partial charge on any atom is -0.489 e. The van der Waals surface area contributed by atoms with Crippen LogP contribution in [0.2, 0.25) is 0 Å². The number of para-hydroxylation sites is 1. The van der Waals surface area contributed by atoms with Gasteiger partial charge in [-0.3, -0.25) is 14.9 Å². The Morgan fingerprint density at radius 3 is 2.65 bits per heavy atom. The average Bonchev–Trinajstić information content (AvgIpc) is 2.59. The van der Waals surface area contributed by atoms with Gasteiger partial charge in [0.15, 0.2) is 11.6 Å². The zero-order chi connectivity index (χ0) is 19.1. The van der Waals surface area contributed by atoms with Gasteiger partial charge in [-0.25, -0.2) is 4.39 Å². The summed E-state index contributed by atoms with van der Waals surface area (Å²) in [6, 6.07) is 10.1. The van der Waals surface area contributed by atoms with Crippen LogP contribution in [-0.4, -0.2) is 30.0 Å². The van der Waals surface area contributed by atoms with Crippen molar-refractivity contribution in [3.63, 3.8) is 0 Å². The number of nitrogens with one attached hydrogen (secondary N) is 2. The van der Waals surface area contributed by atoms with Crippen molar-refractivity contribution in [3.8, 4) is 5.75 Å². The van der Waals surface area contributed by atoms with Gasteiger partial charge in [0.05, 0.1) is 4.92 Å². The first-order valence-corrected chi connectivity index (χ1v) is 8.09. The van der Waals surface area contributed by atoms with Crippen LogP contribution in [0.1, 0.15) is 24.2 Å². The molecule has 2 N–H and O–H groups in total. The fourth-order valence-corrected chi connectivity index (χ4v) is 2.23. The monoisotopic (exact) mass is 361 g/mol. The molecule has 2 aromatic carbocycles. The fourth-order valence-electron chi connectivity index (χ4n) is 2.23. The van der Waals surface area contributed by atoms with Crippen molar-refractivity contribution in [2.45, 2.75) is 19.9 Å². The SMILES string of the molecule is CC(C)NC(=O)c1ccc(NCCOc2ccccc2F)c([N+](=O)[O-])c1. The van der Waals surface area contributed by atoms with Crippen LogP contribution in [0.25, 0.3) is 0 Å². The molecule has 0 heterocycles. The Labute approximate surface area is 150 Å². The van der Waals surface area contributed by atoms with Gasteiger partial charge >= 0.3 is 0 Å². The highest BCUT2D eigenvalue weighted by Gasteiger charge is 2.17. The van der Waals surface area contributed by atoms with E-state index in [0.29, 0.717) is 0 Å². The molecule has 0 spiro atoms. The van der Waals surface area contributed by atoms with Crippen molar-refractivity contribution in [1.82, 2.24) is 5.32 Å². The van der Waals surface area contributed by atoms with E-state index in [1.165, 1.54) is 30.3 Å². The highest BCUT2D eigenvalue weighted by molar-refractivity contribution is 5.95. The van der Waals surface area contributed by atoms with Crippen molar-refractivity contribution in [3.05, 3.63) is 64.0 Å². The van der Waals surface area contributed by atoms with Gasteiger partial charge in [0.1, 0.15) is 12.3 Å². The summed E-state index contributed by atoms with van der Waals surface area (Å²) in [5, 5.41) is 16.8. The molecule has 0 fully saturated rings. The van der Waals surface area contributed by atoms with Crippen LogP contribution in [0.4, 0.5) is 15.8 Å². The first-order valence-electron chi connectivity index (χ1n) is 8.09. The van der Waals surface area contributed by atoms with Crippen molar-refractivity contribution >= 4 is 17.3 Å². The van der Waals surface area contributed by atoms with Crippen molar-refractivity contribution in [2.24, 2.45) is 0 Å². The predicted octanol–water partition coefficient (Wildman–Crippen LogP) is 3.36. The summed E-state index contributed by atoms with van der Waals surface area (Å²) in [7, 11) is 0. The van der Waals surface area contributed by atoms with E-state index in [1.807, 2.05) is 0 Å². The Kier molecular flexibility index (Phi) is 6.48. The van der Waals surface area contributed by atoms with E-state index < -0.39 is 10.7 Å². The number of rotatable bonds is 8. The zero-order valence-corrected chi connectivity index (χ0v) is 14.5. The van der Waals surface area contributed by atoms with Gasteiger partial charge in [-0.2, -0.15) is 0 Å². The standard InChI is InChI=1S/C18H20FN3O4/c1-12(2)21-18(23)13-7-8-15(16(11-13)22(24)25)20-9-10-26-17-6-4-3-5-14(17)19/h3-8,11-12,20H,9-10H2,1-2H3,(H,21,23). The Balaban J connectivity index is 2.01. The highest BCUT2D eigenvalue weighted by atomic mass is 19.1. The summed E-state index contributed by atoms with van der Waals surface area (Å²) >= 11 is 0. The van der Waals surface area contributed by atoms with Crippen LogP contribution in [0.15, 0.2) is 42.5 Å². The maximum atomic E-state index is 13.4. The topological polar surface area (TPSA) is 93.5 Å². The number of ether oxygens (including phenoxy) is 1. The molecule has 0 aliphatic heterocycles. The molecule has 0 atom stereocenters. The lowest BCUT2D eigenvalue weighted by molar-refractivity contribution is -0.384. The molecule has 1 amide bonds. The minimum absolute atomic E-state index is 0.0742. The van der Waals surface area contributed by atoms with Crippen LogP contribution in [-0.2, 0) is 0 Å². The van der Waals surface area contributed by atoms with Gasteiger partial charge in [0, 0.05) is 24.2 Å². The van der Waals surface area contributed by atoms with Gasteiger partial charge in [0.25, 0.3) is 11.6 Å². The zero-order valence-electron chi connectivity index (χ0n) is 14.5. The summed E-state index contributed by atoms with van der Waals surface area (Å²) in [6.45, 7) is 3.95. The molecule has 0 aliphatic carbocycles. The summed E-state index contributed by atoms with van der Waals surface area (Å²) in [5.41, 5.74) is 0.249. The van der Waals surface area contributed by atoms with E-state index in [4.69, 9.17) is 4.74 Å². The number of nitro benzene ring substituents is 1. The number of amides is 1. The molecule has 26 heavy (non-hydrogen) atoms. The maximum absolute atomic E-state index is 13.4. The van der Waals surface area contributed by atoms with Gasteiger partial charge in [-0.15, -0.1) is 0 Å². The quantitative estimate of drug-likeness (QED) is 0.427. The van der Waals surface area contributed by atoms with E-state index in [-0.39, 0.29) is 47.8 Å². The number of carbonyl (C=O) groups excluding carboxylic acids is 1. The van der Waals surface area contributed by atoms with E-state index >= 15 is 0 Å². The molecule has 0 radical (unpaired) electrons. The Morgan fingerprint density at radius 2 is 2.00 bits per heavy atom. The molecule has 7 nitrogen and oxygen atoms in total. The van der Waals surface area contributed by atoms with E-state index in [9.17, 15) is 19.3 Å². The Morgan fingerprint density at radius 1 is 1.27 bits per heavy atom. The number of benzene rings is 2. The molecule has 8 heteroatoms. The van der Waals surface area contributed by atoms with E-state index in [1.54, 1.807) is 26.0 Å². The lowest BCUT2D eigenvalue weighted by atomic mass is 10.1. The average molecular weight is 361 g/mol. The van der Waals surface area contributed by atoms with Crippen molar-refractivity contribution in [2.75, 3.05) is 18.5 Å². The molecule has 138 valence electrons. The molecule has 0 saturated carbocycles. The highest BCUT2D eigenvalue weighted by Crippen LogP contribution is 2.25. The van der Waals surface area contributed by atoms with Crippen LogP contribution in [0, 0.1) is 15.9 Å². The number of nitrogens with zero attached hydrogens (tertiary/aromatic N) is 1. The predicted molar refractivity (Wildman–Crippen MR) is 96.1 cm³/mol.